The molecule has 6 nitrogen and oxygen atoms in total. The number of carbonyl (C=O) groups excluding carboxylic acids is 1. The van der Waals surface area contributed by atoms with Gasteiger partial charge in [0.1, 0.15) is 5.75 Å². The number of pyridine rings is 1. The quantitative estimate of drug-likeness (QED) is 0.833. The van der Waals surface area contributed by atoms with Crippen LogP contribution in [0.2, 0.25) is 0 Å². The Hall–Kier alpha value is -1.66. The van der Waals surface area contributed by atoms with Crippen molar-refractivity contribution in [3.8, 4) is 5.75 Å². The number of hydrogen-bond acceptors (Lipinski definition) is 5. The van der Waals surface area contributed by atoms with Gasteiger partial charge in [-0.3, -0.25) is 14.7 Å². The van der Waals surface area contributed by atoms with E-state index in [-0.39, 0.29) is 11.9 Å². The number of nitrogens with zero attached hydrogens (tertiary/aromatic N) is 3. The molecule has 0 aromatic carbocycles. The van der Waals surface area contributed by atoms with Gasteiger partial charge in [-0.15, -0.1) is 0 Å². The lowest BCUT2D eigenvalue weighted by atomic mass is 9.99. The fraction of sp³-hybridized carbons (Fsp3) is 0.684. The molecule has 0 spiro atoms. The minimum atomic E-state index is -0.0413. The summed E-state index contributed by atoms with van der Waals surface area (Å²) in [5.74, 6) is 1.15. The molecule has 6 heteroatoms. The molecule has 2 aliphatic heterocycles. The molecule has 2 aliphatic rings. The number of likely N-dealkylation sites (tertiary alicyclic amines) is 1. The van der Waals surface area contributed by atoms with Crippen molar-refractivity contribution in [3.05, 3.63) is 23.0 Å². The Morgan fingerprint density at radius 3 is 2.76 bits per heavy atom. The fourth-order valence-electron chi connectivity index (χ4n) is 3.88. The minimum Gasteiger partial charge on any atom is -0.496 e. The van der Waals surface area contributed by atoms with Crippen LogP contribution in [0.15, 0.2) is 6.20 Å². The summed E-state index contributed by atoms with van der Waals surface area (Å²) in [6.07, 6.45) is 5.04. The Morgan fingerprint density at radius 2 is 2.04 bits per heavy atom. The number of rotatable bonds is 4. The molecule has 1 amide bonds. The first-order valence-electron chi connectivity index (χ1n) is 9.21. The van der Waals surface area contributed by atoms with E-state index < -0.39 is 0 Å². The molecule has 0 bridgehead atoms. The van der Waals surface area contributed by atoms with E-state index in [4.69, 9.17) is 9.47 Å². The average Bonchev–Trinajstić information content (AvgIpc) is 2.65. The molecular formula is C19H29N3O3. The zero-order chi connectivity index (χ0) is 17.8. The van der Waals surface area contributed by atoms with E-state index in [1.807, 2.05) is 18.0 Å². The van der Waals surface area contributed by atoms with Crippen molar-refractivity contribution in [1.29, 1.82) is 0 Å². The predicted octanol–water partition coefficient (Wildman–Crippen LogP) is 1.92. The Labute approximate surface area is 150 Å². The largest absolute Gasteiger partial charge is 0.496 e. The van der Waals surface area contributed by atoms with Gasteiger partial charge in [0.15, 0.2) is 0 Å². The van der Waals surface area contributed by atoms with E-state index in [0.717, 1.165) is 48.4 Å². The van der Waals surface area contributed by atoms with Crippen LogP contribution in [0.5, 0.6) is 5.75 Å². The standard InChI is InChI=1S/C19H29N3O3/c1-14-12-20-16(15(2)18(14)24-3)13-22-7-5-4-6-17(22)19(23)21-8-10-25-11-9-21/h12,17H,4-11,13H2,1-3H3/t17-/m1/s1. The maximum absolute atomic E-state index is 13.0. The number of hydrogen-bond donors (Lipinski definition) is 0. The third kappa shape index (κ3) is 3.96. The molecule has 3 rings (SSSR count). The van der Waals surface area contributed by atoms with E-state index in [1.54, 1.807) is 7.11 Å². The maximum Gasteiger partial charge on any atom is 0.240 e. The maximum atomic E-state index is 13.0. The highest BCUT2D eigenvalue weighted by molar-refractivity contribution is 5.82. The minimum absolute atomic E-state index is 0.0413. The van der Waals surface area contributed by atoms with Gasteiger partial charge in [0.05, 0.1) is 32.1 Å². The molecule has 0 N–H and O–H groups in total. The number of amides is 1. The van der Waals surface area contributed by atoms with Crippen LogP contribution in [-0.2, 0) is 16.1 Å². The highest BCUT2D eigenvalue weighted by Crippen LogP contribution is 2.27. The van der Waals surface area contributed by atoms with Crippen molar-refractivity contribution in [3.63, 3.8) is 0 Å². The summed E-state index contributed by atoms with van der Waals surface area (Å²) in [6, 6.07) is -0.0413. The summed E-state index contributed by atoms with van der Waals surface area (Å²) in [7, 11) is 1.70. The van der Waals surface area contributed by atoms with Crippen LogP contribution in [0.25, 0.3) is 0 Å². The van der Waals surface area contributed by atoms with Gasteiger partial charge in [-0.05, 0) is 33.2 Å². The normalized spacial score (nSPS) is 22.0. The molecule has 1 aromatic heterocycles. The van der Waals surface area contributed by atoms with Gasteiger partial charge in [0, 0.05) is 37.0 Å². The fourth-order valence-corrected chi connectivity index (χ4v) is 3.88. The SMILES string of the molecule is COc1c(C)cnc(CN2CCCC[C@@H]2C(=O)N2CCOCC2)c1C. The van der Waals surface area contributed by atoms with E-state index in [1.165, 1.54) is 0 Å². The van der Waals surface area contributed by atoms with Crippen LogP contribution < -0.4 is 4.74 Å². The summed E-state index contributed by atoms with van der Waals surface area (Å²) in [5.41, 5.74) is 3.12. The Kier molecular flexibility index (Phi) is 5.91. The Balaban J connectivity index is 1.76. The Morgan fingerprint density at radius 1 is 1.28 bits per heavy atom. The monoisotopic (exact) mass is 347 g/mol. The second-order valence-electron chi connectivity index (χ2n) is 6.97. The number of carbonyl (C=O) groups is 1. The van der Waals surface area contributed by atoms with Crippen LogP contribution in [0.4, 0.5) is 0 Å². The van der Waals surface area contributed by atoms with Crippen molar-refractivity contribution in [2.75, 3.05) is 40.0 Å². The molecule has 0 unspecified atom stereocenters. The van der Waals surface area contributed by atoms with Crippen molar-refractivity contribution in [2.24, 2.45) is 0 Å². The van der Waals surface area contributed by atoms with Crippen molar-refractivity contribution in [2.45, 2.75) is 45.7 Å². The topological polar surface area (TPSA) is 54.9 Å². The van der Waals surface area contributed by atoms with Crippen LogP contribution in [0.1, 0.15) is 36.1 Å². The summed E-state index contributed by atoms with van der Waals surface area (Å²) >= 11 is 0. The zero-order valence-corrected chi connectivity index (χ0v) is 15.6. The smallest absolute Gasteiger partial charge is 0.240 e. The van der Waals surface area contributed by atoms with E-state index in [0.29, 0.717) is 32.8 Å². The van der Waals surface area contributed by atoms with Gasteiger partial charge in [-0.1, -0.05) is 6.42 Å². The molecule has 1 aromatic rings. The average molecular weight is 347 g/mol. The van der Waals surface area contributed by atoms with E-state index in [2.05, 4.69) is 16.8 Å². The summed E-state index contributed by atoms with van der Waals surface area (Å²) in [4.78, 5) is 21.9. The van der Waals surface area contributed by atoms with Gasteiger partial charge in [-0.2, -0.15) is 0 Å². The highest BCUT2D eigenvalue weighted by atomic mass is 16.5. The van der Waals surface area contributed by atoms with Gasteiger partial charge in [0.25, 0.3) is 0 Å². The second kappa shape index (κ2) is 8.15. The molecule has 0 aliphatic carbocycles. The van der Waals surface area contributed by atoms with Crippen molar-refractivity contribution in [1.82, 2.24) is 14.8 Å². The summed E-state index contributed by atoms with van der Waals surface area (Å²) < 4.78 is 10.9. The van der Waals surface area contributed by atoms with Crippen molar-refractivity contribution < 1.29 is 14.3 Å². The number of methoxy groups -OCH3 is 1. The van der Waals surface area contributed by atoms with Gasteiger partial charge in [-0.25, -0.2) is 0 Å². The number of morpholine rings is 1. The summed E-state index contributed by atoms with van der Waals surface area (Å²) in [5, 5.41) is 0. The molecular weight excluding hydrogens is 318 g/mol. The van der Waals surface area contributed by atoms with Crippen LogP contribution in [0, 0.1) is 13.8 Å². The zero-order valence-electron chi connectivity index (χ0n) is 15.6. The molecule has 138 valence electrons. The molecule has 0 radical (unpaired) electrons. The third-order valence-corrected chi connectivity index (χ3v) is 5.32. The predicted molar refractivity (Wildman–Crippen MR) is 95.7 cm³/mol. The van der Waals surface area contributed by atoms with Gasteiger partial charge < -0.3 is 14.4 Å². The lowest BCUT2D eigenvalue weighted by Gasteiger charge is -2.38. The van der Waals surface area contributed by atoms with Crippen LogP contribution in [0.3, 0.4) is 0 Å². The molecule has 2 fully saturated rings. The first kappa shape index (κ1) is 18.1. The lowest BCUT2D eigenvalue weighted by molar-refractivity contribution is -0.142. The lowest BCUT2D eigenvalue weighted by Crippen LogP contribution is -2.53. The second-order valence-corrected chi connectivity index (χ2v) is 6.97. The first-order valence-corrected chi connectivity index (χ1v) is 9.21. The molecule has 25 heavy (non-hydrogen) atoms. The van der Waals surface area contributed by atoms with E-state index in [9.17, 15) is 4.79 Å². The van der Waals surface area contributed by atoms with Gasteiger partial charge >= 0.3 is 0 Å². The highest BCUT2D eigenvalue weighted by Gasteiger charge is 2.33. The van der Waals surface area contributed by atoms with Crippen LogP contribution >= 0.6 is 0 Å². The Bertz CT molecular complexity index is 614. The molecule has 1 atom stereocenters. The van der Waals surface area contributed by atoms with Crippen LogP contribution in [-0.4, -0.2) is 66.7 Å². The first-order chi connectivity index (χ1) is 12.1. The number of aryl methyl sites for hydroxylation is 1. The van der Waals surface area contributed by atoms with Crippen molar-refractivity contribution >= 4 is 5.91 Å². The molecule has 3 heterocycles. The third-order valence-electron chi connectivity index (χ3n) is 5.32. The van der Waals surface area contributed by atoms with Gasteiger partial charge in [0.2, 0.25) is 5.91 Å². The van der Waals surface area contributed by atoms with E-state index >= 15 is 0 Å². The number of piperidine rings is 1. The summed E-state index contributed by atoms with van der Waals surface area (Å²) in [6.45, 7) is 8.41. The molecule has 2 saturated heterocycles. The molecule has 0 saturated carbocycles. The number of ether oxygens (including phenoxy) is 2. The number of aromatic nitrogens is 1.